The maximum Gasteiger partial charge on any atom is 0.343 e. The number of esters is 1. The largest absolute Gasteiger partial charge is 0.423 e. The fourth-order valence-electron chi connectivity index (χ4n) is 4.95. The standard InChI is InChI=1S/C31H24Cl2N2O6/c1-18-7-13-23-24(15-18)30(39)35(29(23)38)34(28(37)21-10-14-25(32)26(33)16-21)17-27(36)19-8-11-22(12-9-19)41-31(40)20-5-3-2-4-6-20/h2-12,14,16,23-24H,13,15,17H2,1H3/t23-,24-/m0/s1. The van der Waals surface area contributed by atoms with Crippen molar-refractivity contribution in [1.29, 1.82) is 0 Å². The SMILES string of the molecule is CC1=CC[C@@H]2C(=O)N(N(CC(=O)c3ccc(OC(=O)c4ccccc4)cc3)C(=O)c3ccc(Cl)c(Cl)c3)C(=O)[C@H]2C1. The fourth-order valence-corrected chi connectivity index (χ4v) is 5.24. The number of halogens is 2. The number of fused-ring (bicyclic) bond motifs is 1. The number of allylic oxidation sites excluding steroid dienone is 2. The molecule has 41 heavy (non-hydrogen) atoms. The molecule has 2 aliphatic rings. The van der Waals surface area contributed by atoms with Crippen LogP contribution in [0.3, 0.4) is 0 Å². The van der Waals surface area contributed by atoms with Crippen molar-refractivity contribution in [2.75, 3.05) is 6.54 Å². The molecule has 3 aromatic carbocycles. The van der Waals surface area contributed by atoms with Crippen LogP contribution in [0.5, 0.6) is 5.75 Å². The van der Waals surface area contributed by atoms with Gasteiger partial charge in [-0.05, 0) is 74.4 Å². The van der Waals surface area contributed by atoms with Crippen molar-refractivity contribution in [1.82, 2.24) is 10.0 Å². The molecule has 0 saturated carbocycles. The number of amides is 3. The van der Waals surface area contributed by atoms with Crippen LogP contribution in [0.1, 0.15) is 50.8 Å². The van der Waals surface area contributed by atoms with E-state index >= 15 is 0 Å². The first-order valence-electron chi connectivity index (χ1n) is 12.8. The Labute approximate surface area is 246 Å². The van der Waals surface area contributed by atoms with E-state index in [0.717, 1.165) is 15.6 Å². The highest BCUT2D eigenvalue weighted by atomic mass is 35.5. The fraction of sp³-hybridized carbons (Fsp3) is 0.194. The number of carbonyl (C=O) groups is 5. The number of rotatable bonds is 7. The van der Waals surface area contributed by atoms with Gasteiger partial charge in [-0.1, -0.05) is 53.1 Å². The molecular formula is C31H24Cl2N2O6. The summed E-state index contributed by atoms with van der Waals surface area (Å²) in [7, 11) is 0. The summed E-state index contributed by atoms with van der Waals surface area (Å²) >= 11 is 12.1. The van der Waals surface area contributed by atoms with E-state index in [1.807, 2.05) is 13.0 Å². The molecule has 1 aliphatic carbocycles. The maximum atomic E-state index is 13.7. The van der Waals surface area contributed by atoms with E-state index in [2.05, 4.69) is 0 Å². The van der Waals surface area contributed by atoms with Crippen LogP contribution in [0.4, 0.5) is 0 Å². The first kappa shape index (κ1) is 28.3. The van der Waals surface area contributed by atoms with Gasteiger partial charge in [-0.2, -0.15) is 5.01 Å². The summed E-state index contributed by atoms with van der Waals surface area (Å²) in [6, 6.07) is 18.4. The average Bonchev–Trinajstić information content (AvgIpc) is 3.22. The summed E-state index contributed by atoms with van der Waals surface area (Å²) in [4.78, 5) is 66.3. The zero-order chi connectivity index (χ0) is 29.3. The zero-order valence-corrected chi connectivity index (χ0v) is 23.4. The molecule has 2 atom stereocenters. The summed E-state index contributed by atoms with van der Waals surface area (Å²) in [5, 5.41) is 2.01. The predicted molar refractivity (Wildman–Crippen MR) is 151 cm³/mol. The molecule has 0 spiro atoms. The van der Waals surface area contributed by atoms with E-state index in [0.29, 0.717) is 18.4 Å². The number of ether oxygens (including phenoxy) is 1. The maximum absolute atomic E-state index is 13.7. The van der Waals surface area contributed by atoms with E-state index < -0.39 is 47.9 Å². The van der Waals surface area contributed by atoms with Crippen LogP contribution < -0.4 is 4.74 Å². The minimum Gasteiger partial charge on any atom is -0.423 e. The van der Waals surface area contributed by atoms with Crippen LogP contribution in [-0.2, 0) is 9.59 Å². The first-order chi connectivity index (χ1) is 19.6. The molecule has 0 aromatic heterocycles. The number of carbonyl (C=O) groups excluding carboxylic acids is 5. The number of Topliss-reactive ketones (excluding diaryl/α,β-unsaturated/α-hetero) is 1. The Kier molecular flexibility index (Phi) is 8.06. The lowest BCUT2D eigenvalue weighted by Gasteiger charge is -2.30. The van der Waals surface area contributed by atoms with Crippen molar-refractivity contribution in [2.24, 2.45) is 11.8 Å². The topological polar surface area (TPSA) is 101 Å². The van der Waals surface area contributed by atoms with Crippen LogP contribution in [0, 0.1) is 11.8 Å². The molecule has 1 fully saturated rings. The Morgan fingerprint density at radius 3 is 2.20 bits per heavy atom. The van der Waals surface area contributed by atoms with Gasteiger partial charge in [0.15, 0.2) is 5.78 Å². The number of hydrogen-bond acceptors (Lipinski definition) is 6. The molecule has 10 heteroatoms. The normalized spacial score (nSPS) is 18.0. The van der Waals surface area contributed by atoms with Crippen LogP contribution >= 0.6 is 23.2 Å². The molecule has 8 nitrogen and oxygen atoms in total. The highest BCUT2D eigenvalue weighted by Gasteiger charge is 2.51. The molecule has 3 amide bonds. The summed E-state index contributed by atoms with van der Waals surface area (Å²) in [5.74, 6) is -3.91. The van der Waals surface area contributed by atoms with E-state index in [1.54, 1.807) is 30.3 Å². The molecule has 1 aliphatic heterocycles. The number of imide groups is 1. The highest BCUT2D eigenvalue weighted by molar-refractivity contribution is 6.42. The van der Waals surface area contributed by atoms with Gasteiger partial charge >= 0.3 is 5.97 Å². The molecule has 208 valence electrons. The minimum atomic E-state index is -0.754. The molecule has 0 bridgehead atoms. The second-order valence-corrected chi connectivity index (χ2v) is 10.7. The third-order valence-corrected chi connectivity index (χ3v) is 7.87. The smallest absolute Gasteiger partial charge is 0.343 e. The lowest BCUT2D eigenvalue weighted by molar-refractivity contribution is -0.154. The predicted octanol–water partition coefficient (Wildman–Crippen LogP) is 5.79. The summed E-state index contributed by atoms with van der Waals surface area (Å²) in [5.41, 5.74) is 1.60. The van der Waals surface area contributed by atoms with Gasteiger partial charge in [-0.3, -0.25) is 19.2 Å². The summed E-state index contributed by atoms with van der Waals surface area (Å²) < 4.78 is 5.36. The third kappa shape index (κ3) is 5.80. The number of ketones is 1. The Morgan fingerprint density at radius 2 is 1.51 bits per heavy atom. The van der Waals surface area contributed by atoms with E-state index in [4.69, 9.17) is 27.9 Å². The summed E-state index contributed by atoms with van der Waals surface area (Å²) in [6.07, 6.45) is 2.69. The minimum absolute atomic E-state index is 0.0557. The van der Waals surface area contributed by atoms with Gasteiger partial charge in [-0.25, -0.2) is 9.80 Å². The Morgan fingerprint density at radius 1 is 0.854 bits per heavy atom. The van der Waals surface area contributed by atoms with E-state index in [-0.39, 0.29) is 26.9 Å². The number of hydrazine groups is 1. The monoisotopic (exact) mass is 590 g/mol. The van der Waals surface area contributed by atoms with Gasteiger partial charge in [0.25, 0.3) is 17.7 Å². The van der Waals surface area contributed by atoms with Crippen molar-refractivity contribution in [3.8, 4) is 5.75 Å². The second-order valence-electron chi connectivity index (χ2n) is 9.89. The average molecular weight is 591 g/mol. The Bertz CT molecular complexity index is 1590. The second kappa shape index (κ2) is 11.7. The van der Waals surface area contributed by atoms with Crippen LogP contribution in [0.2, 0.25) is 10.0 Å². The van der Waals surface area contributed by atoms with Gasteiger partial charge in [0.1, 0.15) is 12.3 Å². The van der Waals surface area contributed by atoms with Gasteiger partial charge in [0.2, 0.25) is 0 Å². The van der Waals surface area contributed by atoms with Gasteiger partial charge < -0.3 is 4.74 Å². The van der Waals surface area contributed by atoms with Crippen LogP contribution in [0.25, 0.3) is 0 Å². The Hall–Kier alpha value is -4.27. The number of benzene rings is 3. The molecule has 0 radical (unpaired) electrons. The molecule has 0 N–H and O–H groups in total. The van der Waals surface area contributed by atoms with Gasteiger partial charge in [0.05, 0.1) is 27.4 Å². The van der Waals surface area contributed by atoms with E-state index in [9.17, 15) is 24.0 Å². The molecule has 3 aromatic rings. The van der Waals surface area contributed by atoms with Crippen LogP contribution in [-0.4, -0.2) is 46.0 Å². The first-order valence-corrected chi connectivity index (χ1v) is 13.6. The van der Waals surface area contributed by atoms with Crippen molar-refractivity contribution < 1.29 is 28.7 Å². The molecule has 5 rings (SSSR count). The van der Waals surface area contributed by atoms with Crippen molar-refractivity contribution in [2.45, 2.75) is 19.8 Å². The van der Waals surface area contributed by atoms with E-state index in [1.165, 1.54) is 42.5 Å². The highest BCUT2D eigenvalue weighted by Crippen LogP contribution is 2.39. The van der Waals surface area contributed by atoms with Gasteiger partial charge in [-0.15, -0.1) is 0 Å². The molecule has 0 unspecified atom stereocenters. The van der Waals surface area contributed by atoms with Crippen LogP contribution in [0.15, 0.2) is 84.4 Å². The molecule has 1 saturated heterocycles. The number of nitrogens with zero attached hydrogens (tertiary/aromatic N) is 2. The lowest BCUT2D eigenvalue weighted by atomic mass is 9.82. The van der Waals surface area contributed by atoms with Crippen molar-refractivity contribution >= 4 is 52.7 Å². The van der Waals surface area contributed by atoms with Crippen molar-refractivity contribution in [3.05, 3.63) is 111 Å². The van der Waals surface area contributed by atoms with Crippen molar-refractivity contribution in [3.63, 3.8) is 0 Å². The molecular weight excluding hydrogens is 567 g/mol. The quantitative estimate of drug-likeness (QED) is 0.113. The molecule has 1 heterocycles. The number of hydrogen-bond donors (Lipinski definition) is 0. The van der Waals surface area contributed by atoms with Gasteiger partial charge in [0, 0.05) is 11.1 Å². The third-order valence-electron chi connectivity index (χ3n) is 7.13. The lowest BCUT2D eigenvalue weighted by Crippen LogP contribution is -2.52. The zero-order valence-electron chi connectivity index (χ0n) is 21.9. The summed E-state index contributed by atoms with van der Waals surface area (Å²) in [6.45, 7) is 1.30. The Balaban J connectivity index is 1.40.